The maximum Gasteiger partial charge on any atom is 0.410 e. The van der Waals surface area contributed by atoms with Crippen LogP contribution < -0.4 is 5.32 Å². The molecule has 2 N–H and O–H groups in total. The van der Waals surface area contributed by atoms with Crippen LogP contribution in [0, 0.1) is 5.41 Å². The number of carboxylic acids is 1. The third-order valence-electron chi connectivity index (χ3n) is 6.81. The fourth-order valence-electron chi connectivity index (χ4n) is 4.85. The Balaban J connectivity index is 1.76. The molecule has 2 atom stereocenters. The van der Waals surface area contributed by atoms with E-state index in [9.17, 15) is 19.5 Å². The summed E-state index contributed by atoms with van der Waals surface area (Å²) in [4.78, 5) is 39.6. The summed E-state index contributed by atoms with van der Waals surface area (Å²) < 4.78 is 10.9. The number of carbonyl (C=O) groups excluding carboxylic acids is 2. The average molecular weight is 583 g/mol. The highest BCUT2D eigenvalue weighted by molar-refractivity contribution is 6.29. The van der Waals surface area contributed by atoms with Crippen LogP contribution in [0.1, 0.15) is 57.2 Å². The lowest BCUT2D eigenvalue weighted by Gasteiger charge is -2.31. The molecule has 2 aromatic carbocycles. The summed E-state index contributed by atoms with van der Waals surface area (Å²) in [6.45, 7) is 11.4. The lowest BCUT2D eigenvalue weighted by molar-refractivity contribution is -0.149. The van der Waals surface area contributed by atoms with E-state index in [1.165, 1.54) is 4.90 Å². The highest BCUT2D eigenvalue weighted by Crippen LogP contribution is 2.37. The largest absolute Gasteiger partial charge is 0.481 e. The quantitative estimate of drug-likeness (QED) is 0.299. The number of aliphatic carboxylic acids is 1. The maximum atomic E-state index is 12.8. The number of ether oxygens (including phenoxy) is 2. The number of alkyl carbamates (subject to hydrolysis) is 1. The first kappa shape index (κ1) is 31.7. The summed E-state index contributed by atoms with van der Waals surface area (Å²) in [5, 5.41) is 13.8. The summed E-state index contributed by atoms with van der Waals surface area (Å²) >= 11 is 5.98. The molecule has 1 fully saturated rings. The minimum atomic E-state index is -1.26. The second kappa shape index (κ2) is 13.7. The van der Waals surface area contributed by atoms with Crippen molar-refractivity contribution in [3.8, 4) is 0 Å². The highest BCUT2D eigenvalue weighted by Gasteiger charge is 2.48. The van der Waals surface area contributed by atoms with Gasteiger partial charge in [-0.15, -0.1) is 0 Å². The predicted octanol–water partition coefficient (Wildman–Crippen LogP) is 6.78. The Hall–Kier alpha value is -3.78. The molecule has 1 unspecified atom stereocenters. The number of hydrogen-bond acceptors (Lipinski definition) is 5. The van der Waals surface area contributed by atoms with Crippen LogP contribution in [0.2, 0.25) is 0 Å². The Bertz CT molecular complexity index is 1270. The van der Waals surface area contributed by atoms with Gasteiger partial charge < -0.3 is 24.8 Å². The number of nitrogens with one attached hydrogen (secondary N) is 1. The standard InChI is InChI=1S/C32H39ClN2O6/c1-22(17-23(2)33)26-13-11-24(12-14-26)18-27(34-29(38)41-31(3,4)5)19-32(28(36)37)15-16-35(21-32)30(39)40-20-25-9-7-6-8-10-25/h6-14,17,27H,1,15-16,18-21H2,2-5H3,(H,34,38)(H,36,37)/b23-17+/t27-,32?/m1/s1. The van der Waals surface area contributed by atoms with Crippen LogP contribution >= 0.6 is 11.6 Å². The Morgan fingerprint density at radius 2 is 1.78 bits per heavy atom. The molecular weight excluding hydrogens is 544 g/mol. The molecule has 1 aliphatic heterocycles. The molecule has 0 radical (unpaired) electrons. The molecule has 2 amide bonds. The molecule has 0 aliphatic carbocycles. The molecule has 0 saturated carbocycles. The Morgan fingerprint density at radius 3 is 2.37 bits per heavy atom. The zero-order valence-electron chi connectivity index (χ0n) is 24.1. The molecule has 9 heteroatoms. The highest BCUT2D eigenvalue weighted by atomic mass is 35.5. The van der Waals surface area contributed by atoms with Crippen molar-refractivity contribution >= 4 is 35.3 Å². The van der Waals surface area contributed by atoms with E-state index in [1.807, 2.05) is 54.6 Å². The minimum absolute atomic E-state index is 0.0225. The van der Waals surface area contributed by atoms with E-state index in [-0.39, 0.29) is 32.5 Å². The van der Waals surface area contributed by atoms with E-state index in [0.29, 0.717) is 11.5 Å². The van der Waals surface area contributed by atoms with Crippen molar-refractivity contribution in [2.45, 2.75) is 65.2 Å². The summed E-state index contributed by atoms with van der Waals surface area (Å²) in [5.74, 6) is -1.03. The summed E-state index contributed by atoms with van der Waals surface area (Å²) in [5.41, 5.74) is 1.42. The fourth-order valence-corrected chi connectivity index (χ4v) is 4.98. The van der Waals surface area contributed by atoms with Gasteiger partial charge in [-0.1, -0.05) is 72.8 Å². The second-order valence-corrected chi connectivity index (χ2v) is 12.1. The van der Waals surface area contributed by atoms with E-state index in [2.05, 4.69) is 11.9 Å². The first-order chi connectivity index (χ1) is 19.3. The van der Waals surface area contributed by atoms with Crippen molar-refractivity contribution in [3.63, 3.8) is 0 Å². The van der Waals surface area contributed by atoms with Crippen molar-refractivity contribution in [3.05, 3.63) is 89.0 Å². The van der Waals surface area contributed by atoms with E-state index in [1.54, 1.807) is 33.8 Å². The molecule has 220 valence electrons. The molecule has 1 heterocycles. The van der Waals surface area contributed by atoms with Crippen molar-refractivity contribution in [1.82, 2.24) is 10.2 Å². The molecule has 0 bridgehead atoms. The average Bonchev–Trinajstić information content (AvgIpc) is 3.32. The van der Waals surface area contributed by atoms with Gasteiger partial charge in [-0.2, -0.15) is 0 Å². The molecule has 3 rings (SSSR count). The first-order valence-electron chi connectivity index (χ1n) is 13.6. The number of likely N-dealkylation sites (tertiary alicyclic amines) is 1. The van der Waals surface area contributed by atoms with Gasteiger partial charge in [0.25, 0.3) is 0 Å². The molecule has 2 aromatic rings. The Morgan fingerprint density at radius 1 is 1.12 bits per heavy atom. The third-order valence-corrected chi connectivity index (χ3v) is 6.92. The number of rotatable bonds is 10. The number of amides is 2. The van der Waals surface area contributed by atoms with Gasteiger partial charge in [-0.3, -0.25) is 4.79 Å². The first-order valence-corrected chi connectivity index (χ1v) is 13.9. The van der Waals surface area contributed by atoms with Crippen LogP contribution in [0.15, 0.2) is 72.3 Å². The van der Waals surface area contributed by atoms with Gasteiger partial charge in [-0.25, -0.2) is 9.59 Å². The van der Waals surface area contributed by atoms with Crippen molar-refractivity contribution in [2.24, 2.45) is 5.41 Å². The molecule has 1 aliphatic rings. The molecule has 8 nitrogen and oxygen atoms in total. The normalized spacial score (nSPS) is 18.0. The fraction of sp³-hybridized carbons (Fsp3) is 0.406. The number of carboxylic acid groups (broad SMARTS) is 1. The lowest BCUT2D eigenvalue weighted by atomic mass is 9.79. The summed E-state index contributed by atoms with van der Waals surface area (Å²) in [6, 6.07) is 16.4. The maximum absolute atomic E-state index is 12.8. The van der Waals surface area contributed by atoms with Crippen LogP contribution in [0.5, 0.6) is 0 Å². The second-order valence-electron chi connectivity index (χ2n) is 11.5. The number of carbonyl (C=O) groups is 3. The number of allylic oxidation sites excluding steroid dienone is 3. The molecular formula is C32H39ClN2O6. The number of halogens is 1. The molecule has 41 heavy (non-hydrogen) atoms. The Labute approximate surface area is 247 Å². The van der Waals surface area contributed by atoms with Gasteiger partial charge in [0, 0.05) is 24.2 Å². The Kier molecular flexibility index (Phi) is 10.6. The zero-order valence-corrected chi connectivity index (χ0v) is 24.9. The van der Waals surface area contributed by atoms with Gasteiger partial charge in [0.1, 0.15) is 12.2 Å². The van der Waals surface area contributed by atoms with Crippen LogP contribution in [-0.2, 0) is 27.3 Å². The van der Waals surface area contributed by atoms with Gasteiger partial charge in [0.2, 0.25) is 0 Å². The summed E-state index contributed by atoms with van der Waals surface area (Å²) in [7, 11) is 0. The van der Waals surface area contributed by atoms with Gasteiger partial charge >= 0.3 is 18.2 Å². The minimum Gasteiger partial charge on any atom is -0.481 e. The third kappa shape index (κ3) is 9.67. The smallest absolute Gasteiger partial charge is 0.410 e. The van der Waals surface area contributed by atoms with Crippen molar-refractivity contribution in [2.75, 3.05) is 13.1 Å². The topological polar surface area (TPSA) is 105 Å². The van der Waals surface area contributed by atoms with E-state index >= 15 is 0 Å². The number of benzene rings is 2. The van der Waals surface area contributed by atoms with Crippen LogP contribution in [-0.4, -0.2) is 52.9 Å². The van der Waals surface area contributed by atoms with E-state index in [0.717, 1.165) is 22.3 Å². The lowest BCUT2D eigenvalue weighted by Crippen LogP contribution is -2.46. The van der Waals surface area contributed by atoms with Crippen LogP contribution in [0.4, 0.5) is 9.59 Å². The van der Waals surface area contributed by atoms with Gasteiger partial charge in [-0.05, 0) is 75.3 Å². The molecule has 0 aromatic heterocycles. The molecule has 1 saturated heterocycles. The SMILES string of the molecule is C=C(/C=C(\C)Cl)c1ccc(C[C@H](CC2(C(=O)O)CCN(C(=O)OCc3ccccc3)C2)NC(=O)OC(C)(C)C)cc1. The predicted molar refractivity (Wildman–Crippen MR) is 159 cm³/mol. The molecule has 0 spiro atoms. The zero-order chi connectivity index (χ0) is 30.2. The number of nitrogens with zero attached hydrogens (tertiary/aromatic N) is 1. The van der Waals surface area contributed by atoms with Crippen LogP contribution in [0.25, 0.3) is 5.57 Å². The van der Waals surface area contributed by atoms with E-state index in [4.69, 9.17) is 21.1 Å². The van der Waals surface area contributed by atoms with Gasteiger partial charge in [0.15, 0.2) is 0 Å². The monoisotopic (exact) mass is 582 g/mol. The van der Waals surface area contributed by atoms with E-state index < -0.39 is 35.2 Å². The van der Waals surface area contributed by atoms with Crippen molar-refractivity contribution in [1.29, 1.82) is 0 Å². The van der Waals surface area contributed by atoms with Gasteiger partial charge in [0.05, 0.1) is 5.41 Å². The summed E-state index contributed by atoms with van der Waals surface area (Å²) in [6.07, 6.45) is 1.28. The van der Waals surface area contributed by atoms with Crippen LogP contribution in [0.3, 0.4) is 0 Å². The van der Waals surface area contributed by atoms with Crippen molar-refractivity contribution < 1.29 is 29.0 Å². The number of hydrogen-bond donors (Lipinski definition) is 2.